The van der Waals surface area contributed by atoms with Gasteiger partial charge in [-0.15, -0.1) is 0 Å². The topological polar surface area (TPSA) is 79.3 Å². The number of carbonyl (C=O) groups excluding carboxylic acids is 1. The number of carbonyl (C=O) groups is 2. The number of benzene rings is 1. The fourth-order valence-electron chi connectivity index (χ4n) is 1.60. The van der Waals surface area contributed by atoms with Crippen LogP contribution in [-0.2, 0) is 4.79 Å². The van der Waals surface area contributed by atoms with Crippen molar-refractivity contribution in [3.63, 3.8) is 0 Å². The molecule has 2 rings (SSSR count). The predicted octanol–water partition coefficient (Wildman–Crippen LogP) is 2.57. The van der Waals surface area contributed by atoms with Crippen LogP contribution >= 0.6 is 0 Å². The molecule has 0 aliphatic carbocycles. The van der Waals surface area contributed by atoms with Crippen LogP contribution in [0, 0.1) is 5.95 Å². The minimum absolute atomic E-state index is 0.146. The van der Waals surface area contributed by atoms with E-state index in [1.807, 2.05) is 0 Å². The van der Waals surface area contributed by atoms with E-state index in [1.165, 1.54) is 24.4 Å². The lowest BCUT2D eigenvalue weighted by Crippen LogP contribution is -2.14. The number of carboxylic acids is 1. The first kappa shape index (κ1) is 14.4. The van der Waals surface area contributed by atoms with E-state index in [9.17, 15) is 14.0 Å². The summed E-state index contributed by atoms with van der Waals surface area (Å²) in [7, 11) is 0. The van der Waals surface area contributed by atoms with Crippen LogP contribution in [0.3, 0.4) is 0 Å². The van der Waals surface area contributed by atoms with Gasteiger partial charge in [0, 0.05) is 18.0 Å². The molecule has 2 N–H and O–H groups in total. The van der Waals surface area contributed by atoms with Crippen molar-refractivity contribution >= 4 is 23.6 Å². The minimum atomic E-state index is -1.04. The van der Waals surface area contributed by atoms with Gasteiger partial charge in [0.05, 0.1) is 5.56 Å². The average molecular weight is 286 g/mol. The number of anilines is 1. The summed E-state index contributed by atoms with van der Waals surface area (Å²) >= 11 is 0. The van der Waals surface area contributed by atoms with Gasteiger partial charge in [-0.1, -0.05) is 12.1 Å². The Bertz CT molecular complexity index is 696. The van der Waals surface area contributed by atoms with Gasteiger partial charge in [-0.2, -0.15) is 4.39 Å². The Morgan fingerprint density at radius 1 is 1.19 bits per heavy atom. The highest BCUT2D eigenvalue weighted by Crippen LogP contribution is 2.13. The molecule has 0 aliphatic heterocycles. The molecule has 1 aromatic heterocycles. The van der Waals surface area contributed by atoms with Crippen LogP contribution in [0.2, 0.25) is 0 Å². The number of rotatable bonds is 4. The van der Waals surface area contributed by atoms with Crippen molar-refractivity contribution in [3.8, 4) is 0 Å². The number of pyridine rings is 1. The van der Waals surface area contributed by atoms with Gasteiger partial charge in [0.2, 0.25) is 5.95 Å². The zero-order chi connectivity index (χ0) is 15.2. The van der Waals surface area contributed by atoms with E-state index in [0.29, 0.717) is 11.3 Å². The Hall–Kier alpha value is -3.02. The summed E-state index contributed by atoms with van der Waals surface area (Å²) in [5, 5.41) is 11.0. The Morgan fingerprint density at radius 3 is 2.52 bits per heavy atom. The van der Waals surface area contributed by atoms with Gasteiger partial charge >= 0.3 is 5.97 Å². The zero-order valence-corrected chi connectivity index (χ0v) is 10.8. The molecule has 0 radical (unpaired) electrons. The molecule has 106 valence electrons. The molecule has 0 saturated carbocycles. The summed E-state index contributed by atoms with van der Waals surface area (Å²) in [5.74, 6) is -2.48. The number of hydrogen-bond acceptors (Lipinski definition) is 3. The number of aromatic nitrogens is 1. The van der Waals surface area contributed by atoms with Gasteiger partial charge in [0.25, 0.3) is 5.91 Å². The first-order chi connectivity index (χ1) is 10.1. The van der Waals surface area contributed by atoms with E-state index in [4.69, 9.17) is 5.11 Å². The van der Waals surface area contributed by atoms with Gasteiger partial charge in [-0.05, 0) is 35.9 Å². The number of halogens is 1. The van der Waals surface area contributed by atoms with Crippen molar-refractivity contribution in [1.82, 2.24) is 4.98 Å². The second-order valence-electron chi connectivity index (χ2n) is 4.09. The van der Waals surface area contributed by atoms with E-state index in [0.717, 1.165) is 6.08 Å². The minimum Gasteiger partial charge on any atom is -0.478 e. The molecule has 0 saturated heterocycles. The van der Waals surface area contributed by atoms with Gasteiger partial charge in [0.15, 0.2) is 0 Å². The molecule has 21 heavy (non-hydrogen) atoms. The van der Waals surface area contributed by atoms with Crippen LogP contribution in [0.5, 0.6) is 0 Å². The summed E-state index contributed by atoms with van der Waals surface area (Å²) in [6, 6.07) is 9.25. The van der Waals surface area contributed by atoms with Crippen LogP contribution in [0.25, 0.3) is 6.08 Å². The highest BCUT2D eigenvalue weighted by atomic mass is 19.1. The maximum Gasteiger partial charge on any atom is 0.328 e. The van der Waals surface area contributed by atoms with Gasteiger partial charge in [0.1, 0.15) is 0 Å². The van der Waals surface area contributed by atoms with Crippen LogP contribution in [-0.4, -0.2) is 22.0 Å². The second kappa shape index (κ2) is 6.42. The largest absolute Gasteiger partial charge is 0.478 e. The quantitative estimate of drug-likeness (QED) is 0.668. The molecule has 0 spiro atoms. The van der Waals surface area contributed by atoms with Crippen LogP contribution in [0.15, 0.2) is 48.7 Å². The number of nitrogens with zero attached hydrogens (tertiary/aromatic N) is 1. The van der Waals surface area contributed by atoms with Crippen LogP contribution < -0.4 is 5.32 Å². The average Bonchev–Trinajstić information content (AvgIpc) is 2.47. The lowest BCUT2D eigenvalue weighted by Gasteiger charge is -2.05. The fourth-order valence-corrected chi connectivity index (χ4v) is 1.60. The van der Waals surface area contributed by atoms with E-state index in [-0.39, 0.29) is 5.56 Å². The number of amides is 1. The maximum absolute atomic E-state index is 13.3. The first-order valence-corrected chi connectivity index (χ1v) is 5.99. The summed E-state index contributed by atoms with van der Waals surface area (Å²) < 4.78 is 13.3. The molecule has 2 aromatic rings. The molecule has 1 amide bonds. The van der Waals surface area contributed by atoms with Crippen molar-refractivity contribution in [2.75, 3.05) is 5.32 Å². The molecule has 1 aromatic carbocycles. The van der Waals surface area contributed by atoms with E-state index in [1.54, 1.807) is 24.3 Å². The van der Waals surface area contributed by atoms with Crippen molar-refractivity contribution < 1.29 is 19.1 Å². The SMILES string of the molecule is O=C(O)/C=C/c1ccc(NC(=O)c2cccnc2F)cc1. The van der Waals surface area contributed by atoms with Gasteiger partial charge in [-0.3, -0.25) is 4.79 Å². The fraction of sp³-hybridized carbons (Fsp3) is 0. The van der Waals surface area contributed by atoms with E-state index < -0.39 is 17.8 Å². The van der Waals surface area contributed by atoms with Crippen molar-refractivity contribution in [2.45, 2.75) is 0 Å². The second-order valence-corrected chi connectivity index (χ2v) is 4.09. The normalized spacial score (nSPS) is 10.5. The summed E-state index contributed by atoms with van der Waals surface area (Å²) in [4.78, 5) is 25.6. The molecule has 5 nitrogen and oxygen atoms in total. The van der Waals surface area contributed by atoms with Crippen molar-refractivity contribution in [2.24, 2.45) is 0 Å². The molecule has 0 aliphatic rings. The monoisotopic (exact) mass is 286 g/mol. The van der Waals surface area contributed by atoms with Crippen LogP contribution in [0.4, 0.5) is 10.1 Å². The highest BCUT2D eigenvalue weighted by Gasteiger charge is 2.11. The number of aliphatic carboxylic acids is 1. The predicted molar refractivity (Wildman–Crippen MR) is 75.3 cm³/mol. The molecular weight excluding hydrogens is 275 g/mol. The van der Waals surface area contributed by atoms with Gasteiger partial charge < -0.3 is 10.4 Å². The first-order valence-electron chi connectivity index (χ1n) is 5.99. The third kappa shape index (κ3) is 3.97. The molecule has 0 unspecified atom stereocenters. The standard InChI is InChI=1S/C15H11FN2O3/c16-14-12(2-1-9-17-14)15(21)18-11-6-3-10(4-7-11)5-8-13(19)20/h1-9H,(H,18,21)(H,19,20)/b8-5+. The van der Waals surface area contributed by atoms with E-state index in [2.05, 4.69) is 10.3 Å². The molecule has 0 atom stereocenters. The van der Waals surface area contributed by atoms with Crippen molar-refractivity contribution in [3.05, 3.63) is 65.7 Å². The Kier molecular flexibility index (Phi) is 4.40. The smallest absolute Gasteiger partial charge is 0.328 e. The third-order valence-corrected chi connectivity index (χ3v) is 2.59. The number of carboxylic acid groups (broad SMARTS) is 1. The molecule has 0 bridgehead atoms. The molecule has 6 heteroatoms. The number of nitrogens with one attached hydrogen (secondary N) is 1. The maximum atomic E-state index is 13.3. The molecular formula is C15H11FN2O3. The lowest BCUT2D eigenvalue weighted by atomic mass is 10.2. The third-order valence-electron chi connectivity index (χ3n) is 2.59. The van der Waals surface area contributed by atoms with Crippen LogP contribution in [0.1, 0.15) is 15.9 Å². The Morgan fingerprint density at radius 2 is 1.90 bits per heavy atom. The molecule has 1 heterocycles. The Labute approximate surface area is 119 Å². The summed E-state index contributed by atoms with van der Waals surface area (Å²) in [5.41, 5.74) is 0.992. The van der Waals surface area contributed by atoms with Crippen molar-refractivity contribution in [1.29, 1.82) is 0 Å². The summed E-state index contributed by atoms with van der Waals surface area (Å²) in [6.45, 7) is 0. The molecule has 0 fully saturated rings. The number of hydrogen-bond donors (Lipinski definition) is 2. The highest BCUT2D eigenvalue weighted by molar-refractivity contribution is 6.04. The Balaban J connectivity index is 2.09. The van der Waals surface area contributed by atoms with Gasteiger partial charge in [-0.25, -0.2) is 9.78 Å². The summed E-state index contributed by atoms with van der Waals surface area (Å²) in [6.07, 6.45) is 3.70. The lowest BCUT2D eigenvalue weighted by molar-refractivity contribution is -0.131. The zero-order valence-electron chi connectivity index (χ0n) is 10.8. The van der Waals surface area contributed by atoms with E-state index >= 15 is 0 Å².